The maximum absolute atomic E-state index is 13.3. The van der Waals surface area contributed by atoms with Gasteiger partial charge in [-0.15, -0.1) is 0 Å². The molecule has 0 unspecified atom stereocenters. The number of piperidine rings is 1. The van der Waals surface area contributed by atoms with Crippen molar-refractivity contribution in [3.05, 3.63) is 100 Å². The highest BCUT2D eigenvalue weighted by Gasteiger charge is 2.32. The van der Waals surface area contributed by atoms with Crippen molar-refractivity contribution in [2.24, 2.45) is 0 Å². The smallest absolute Gasteiger partial charge is 0.243 e. The number of rotatable bonds is 6. The molecule has 6 heteroatoms. The van der Waals surface area contributed by atoms with Crippen LogP contribution in [0.2, 0.25) is 5.02 Å². The highest BCUT2D eigenvalue weighted by molar-refractivity contribution is 7.89. The molecule has 0 radical (unpaired) electrons. The predicted molar refractivity (Wildman–Crippen MR) is 144 cm³/mol. The summed E-state index contributed by atoms with van der Waals surface area (Å²) in [6, 6.07) is 23.9. The first-order valence-corrected chi connectivity index (χ1v) is 14.1. The molecule has 0 amide bonds. The molecular formula is C29H31ClN2O2S. The van der Waals surface area contributed by atoms with Gasteiger partial charge in [-0.05, 0) is 79.1 Å². The van der Waals surface area contributed by atoms with Gasteiger partial charge in [-0.1, -0.05) is 61.0 Å². The normalized spacial score (nSPS) is 15.6. The molecule has 182 valence electrons. The van der Waals surface area contributed by atoms with Crippen LogP contribution in [-0.2, 0) is 23.0 Å². The van der Waals surface area contributed by atoms with Gasteiger partial charge < -0.3 is 4.57 Å². The fourth-order valence-corrected chi connectivity index (χ4v) is 7.11. The van der Waals surface area contributed by atoms with Gasteiger partial charge in [-0.2, -0.15) is 4.31 Å². The average molecular weight is 507 g/mol. The molecule has 1 aliphatic heterocycles. The van der Waals surface area contributed by atoms with Crippen molar-refractivity contribution >= 4 is 32.5 Å². The number of aryl methyl sites for hydroxylation is 1. The van der Waals surface area contributed by atoms with E-state index in [1.54, 1.807) is 16.4 Å². The minimum atomic E-state index is -3.47. The molecular weight excluding hydrogens is 476 g/mol. The summed E-state index contributed by atoms with van der Waals surface area (Å²) in [5.74, 6) is 0.328. The van der Waals surface area contributed by atoms with Crippen molar-refractivity contribution in [3.63, 3.8) is 0 Å². The maximum atomic E-state index is 13.3. The average Bonchev–Trinajstić information content (AvgIpc) is 3.15. The second kappa shape index (κ2) is 9.81. The van der Waals surface area contributed by atoms with E-state index in [4.69, 9.17) is 11.6 Å². The zero-order valence-electron chi connectivity index (χ0n) is 20.2. The summed E-state index contributed by atoms with van der Waals surface area (Å²) in [5.41, 5.74) is 6.14. The molecule has 1 aromatic heterocycles. The lowest BCUT2D eigenvalue weighted by Gasteiger charge is -2.31. The van der Waals surface area contributed by atoms with E-state index in [1.807, 2.05) is 30.3 Å². The Morgan fingerprint density at radius 1 is 0.914 bits per heavy atom. The van der Waals surface area contributed by atoms with Crippen molar-refractivity contribution in [2.45, 2.75) is 50.5 Å². The second-order valence-corrected chi connectivity index (χ2v) is 11.8. The lowest BCUT2D eigenvalue weighted by atomic mass is 9.88. The van der Waals surface area contributed by atoms with E-state index in [1.165, 1.54) is 27.7 Å². The van der Waals surface area contributed by atoms with Gasteiger partial charge in [-0.3, -0.25) is 0 Å². The van der Waals surface area contributed by atoms with Gasteiger partial charge >= 0.3 is 0 Å². The number of para-hydroxylation sites is 1. The molecule has 4 nitrogen and oxygen atoms in total. The highest BCUT2D eigenvalue weighted by atomic mass is 35.5. The maximum Gasteiger partial charge on any atom is 0.243 e. The predicted octanol–water partition coefficient (Wildman–Crippen LogP) is 6.78. The van der Waals surface area contributed by atoms with Crippen LogP contribution < -0.4 is 0 Å². The number of benzene rings is 3. The molecule has 0 atom stereocenters. The first-order valence-electron chi connectivity index (χ1n) is 12.3. The van der Waals surface area contributed by atoms with Gasteiger partial charge in [0.25, 0.3) is 0 Å². The molecule has 0 saturated carbocycles. The van der Waals surface area contributed by atoms with Crippen molar-refractivity contribution in [1.82, 2.24) is 8.87 Å². The van der Waals surface area contributed by atoms with Crippen LogP contribution in [-0.4, -0.2) is 30.4 Å². The Balaban J connectivity index is 1.40. The Hall–Kier alpha value is -2.60. The molecule has 0 spiro atoms. The van der Waals surface area contributed by atoms with Crippen LogP contribution in [0.1, 0.15) is 48.1 Å². The SMILES string of the molecule is CCc1ccc(S(=O)(=O)N2CCC(c3c(C)n(Cc4cccc(Cl)c4)c4ccccc34)CC2)cc1. The lowest BCUT2D eigenvalue weighted by molar-refractivity contribution is 0.319. The molecule has 0 bridgehead atoms. The van der Waals surface area contributed by atoms with Crippen molar-refractivity contribution in [2.75, 3.05) is 13.1 Å². The Morgan fingerprint density at radius 2 is 1.63 bits per heavy atom. The number of fused-ring (bicyclic) bond motifs is 1. The topological polar surface area (TPSA) is 42.3 Å². The van der Waals surface area contributed by atoms with Gasteiger partial charge in [0.1, 0.15) is 0 Å². The summed E-state index contributed by atoms with van der Waals surface area (Å²) in [6.45, 7) is 6.10. The lowest BCUT2D eigenvalue weighted by Crippen LogP contribution is -2.38. The molecule has 1 fully saturated rings. The van der Waals surface area contributed by atoms with Gasteiger partial charge in [0, 0.05) is 41.3 Å². The molecule has 4 aromatic rings. The van der Waals surface area contributed by atoms with Crippen molar-refractivity contribution in [1.29, 1.82) is 0 Å². The summed E-state index contributed by atoms with van der Waals surface area (Å²) in [4.78, 5) is 0.391. The Kier molecular flexibility index (Phi) is 6.75. The van der Waals surface area contributed by atoms with Crippen LogP contribution in [0.3, 0.4) is 0 Å². The Labute approximate surface area is 213 Å². The Bertz CT molecular complexity index is 1450. The summed E-state index contributed by atoms with van der Waals surface area (Å²) in [5, 5.41) is 2.01. The van der Waals surface area contributed by atoms with Crippen molar-refractivity contribution < 1.29 is 8.42 Å². The van der Waals surface area contributed by atoms with Crippen LogP contribution in [0.4, 0.5) is 0 Å². The molecule has 3 aromatic carbocycles. The quantitative estimate of drug-likeness (QED) is 0.289. The van der Waals surface area contributed by atoms with Gasteiger partial charge in [0.15, 0.2) is 0 Å². The zero-order valence-corrected chi connectivity index (χ0v) is 21.8. The van der Waals surface area contributed by atoms with Crippen molar-refractivity contribution in [3.8, 4) is 0 Å². The first-order chi connectivity index (χ1) is 16.9. The van der Waals surface area contributed by atoms with E-state index in [-0.39, 0.29) is 0 Å². The summed E-state index contributed by atoms with van der Waals surface area (Å²) in [7, 11) is -3.47. The number of hydrogen-bond donors (Lipinski definition) is 0. The van der Waals surface area contributed by atoms with E-state index in [0.29, 0.717) is 23.9 Å². The zero-order chi connectivity index (χ0) is 24.6. The van der Waals surface area contributed by atoms with Crippen LogP contribution in [0, 0.1) is 6.92 Å². The fraction of sp³-hybridized carbons (Fsp3) is 0.310. The first kappa shape index (κ1) is 24.1. The summed E-state index contributed by atoms with van der Waals surface area (Å²) >= 11 is 6.24. The number of halogens is 1. The number of hydrogen-bond acceptors (Lipinski definition) is 2. The standard InChI is InChI=1S/C29H31ClN2O2S/c1-3-22-11-13-26(14-12-22)35(33,34)31-17-15-24(16-18-31)29-21(2)32(28-10-5-4-9-27(28)29)20-23-7-6-8-25(30)19-23/h4-14,19,24H,3,15-18,20H2,1-2H3. The molecule has 0 N–H and O–H groups in total. The minimum absolute atomic E-state index is 0.328. The van der Waals surface area contributed by atoms with E-state index in [2.05, 4.69) is 48.7 Å². The van der Waals surface area contributed by atoms with E-state index < -0.39 is 10.0 Å². The monoisotopic (exact) mass is 506 g/mol. The highest BCUT2D eigenvalue weighted by Crippen LogP contribution is 2.38. The van der Waals surface area contributed by atoms with Gasteiger partial charge in [0.05, 0.1) is 4.90 Å². The fourth-order valence-electron chi connectivity index (χ4n) is 5.43. The summed E-state index contributed by atoms with van der Waals surface area (Å²) < 4.78 is 30.5. The number of aromatic nitrogens is 1. The van der Waals surface area contributed by atoms with E-state index >= 15 is 0 Å². The molecule has 5 rings (SSSR count). The van der Waals surface area contributed by atoms with E-state index in [9.17, 15) is 8.42 Å². The second-order valence-electron chi connectivity index (χ2n) is 9.41. The van der Waals surface area contributed by atoms with Crippen LogP contribution >= 0.6 is 11.6 Å². The largest absolute Gasteiger partial charge is 0.340 e. The van der Waals surface area contributed by atoms with Gasteiger partial charge in [0.2, 0.25) is 10.0 Å². The third kappa shape index (κ3) is 4.65. The number of sulfonamides is 1. The molecule has 2 heterocycles. The van der Waals surface area contributed by atoms with Crippen LogP contribution in [0.15, 0.2) is 77.7 Å². The number of nitrogens with zero attached hydrogens (tertiary/aromatic N) is 2. The third-order valence-corrected chi connectivity index (χ3v) is 9.49. The van der Waals surface area contributed by atoms with E-state index in [0.717, 1.165) is 36.4 Å². The molecule has 1 aliphatic rings. The van der Waals surface area contributed by atoms with Crippen LogP contribution in [0.25, 0.3) is 10.9 Å². The third-order valence-electron chi connectivity index (χ3n) is 7.34. The summed E-state index contributed by atoms with van der Waals surface area (Å²) in [6.07, 6.45) is 2.53. The molecule has 1 saturated heterocycles. The molecule has 35 heavy (non-hydrogen) atoms. The Morgan fingerprint density at radius 3 is 2.31 bits per heavy atom. The van der Waals surface area contributed by atoms with Crippen LogP contribution in [0.5, 0.6) is 0 Å². The minimum Gasteiger partial charge on any atom is -0.340 e. The van der Waals surface area contributed by atoms with Gasteiger partial charge in [-0.25, -0.2) is 8.42 Å². The molecule has 0 aliphatic carbocycles.